The van der Waals surface area contributed by atoms with Crippen LogP contribution in [0.5, 0.6) is 0 Å². The fourth-order valence-electron chi connectivity index (χ4n) is 1.65. The Morgan fingerprint density at radius 2 is 1.42 bits per heavy atom. The van der Waals surface area contributed by atoms with Gasteiger partial charge < -0.3 is 5.11 Å². The van der Waals surface area contributed by atoms with Crippen LogP contribution in [-0.4, -0.2) is 10.7 Å². The van der Waals surface area contributed by atoms with Gasteiger partial charge in [-0.25, -0.2) is 0 Å². The lowest BCUT2D eigenvalue weighted by Gasteiger charge is -2.29. The highest BCUT2D eigenvalue weighted by atomic mass is 16.3. The Labute approximate surface area is 77.2 Å². The quantitative estimate of drug-likeness (QED) is 0.651. The van der Waals surface area contributed by atoms with Gasteiger partial charge >= 0.3 is 0 Å². The predicted octanol–water partition coefficient (Wildman–Crippen LogP) is 3.36. The molecule has 1 heteroatoms. The van der Waals surface area contributed by atoms with E-state index in [1.54, 1.807) is 0 Å². The van der Waals surface area contributed by atoms with Gasteiger partial charge in [0.2, 0.25) is 0 Å². The predicted molar refractivity (Wildman–Crippen MR) is 54.2 cm³/mol. The molecule has 0 bridgehead atoms. The van der Waals surface area contributed by atoms with Crippen molar-refractivity contribution in [3.8, 4) is 0 Å². The minimum atomic E-state index is -0.392. The number of hydrogen-bond acceptors (Lipinski definition) is 1. The van der Waals surface area contributed by atoms with E-state index in [9.17, 15) is 5.11 Å². The Morgan fingerprint density at radius 1 is 1.00 bits per heavy atom. The maximum Gasteiger partial charge on any atom is 0.0645 e. The largest absolute Gasteiger partial charge is 0.390 e. The molecule has 0 amide bonds. The Balaban J connectivity index is 3.99. The summed E-state index contributed by atoms with van der Waals surface area (Å²) in [5, 5.41) is 10.1. The van der Waals surface area contributed by atoms with E-state index in [-0.39, 0.29) is 0 Å². The van der Waals surface area contributed by atoms with Crippen LogP contribution in [0.2, 0.25) is 0 Å². The summed E-state index contributed by atoms with van der Waals surface area (Å²) < 4.78 is 0. The minimum Gasteiger partial charge on any atom is -0.390 e. The van der Waals surface area contributed by atoms with Gasteiger partial charge in [0, 0.05) is 0 Å². The summed E-state index contributed by atoms with van der Waals surface area (Å²) in [6.45, 7) is 8.57. The first-order valence-electron chi connectivity index (χ1n) is 5.34. The lowest BCUT2D eigenvalue weighted by atomic mass is 9.84. The molecule has 0 rings (SSSR count). The highest BCUT2D eigenvalue weighted by molar-refractivity contribution is 4.77. The Kier molecular flexibility index (Phi) is 5.56. The summed E-state index contributed by atoms with van der Waals surface area (Å²) in [4.78, 5) is 0. The van der Waals surface area contributed by atoms with Crippen molar-refractivity contribution in [2.24, 2.45) is 5.92 Å². The van der Waals surface area contributed by atoms with Gasteiger partial charge in [0.25, 0.3) is 0 Å². The fourth-order valence-corrected chi connectivity index (χ4v) is 1.65. The molecule has 0 aliphatic carbocycles. The zero-order chi connectivity index (χ0) is 9.61. The summed E-state index contributed by atoms with van der Waals surface area (Å²) in [5.74, 6) is 0.704. The van der Waals surface area contributed by atoms with Crippen LogP contribution in [-0.2, 0) is 0 Å². The molecule has 0 aliphatic heterocycles. The standard InChI is InChI=1S/C11H24O/c1-5-10(6-2)9-11(12,7-3)8-4/h10,12H,5-9H2,1-4H3. The summed E-state index contributed by atoms with van der Waals surface area (Å²) in [7, 11) is 0. The molecular formula is C11H24O. The van der Waals surface area contributed by atoms with Gasteiger partial charge in [0.15, 0.2) is 0 Å². The normalized spacial score (nSPS) is 12.5. The lowest BCUT2D eigenvalue weighted by molar-refractivity contribution is 0.00674. The molecule has 0 radical (unpaired) electrons. The van der Waals surface area contributed by atoms with Crippen molar-refractivity contribution < 1.29 is 5.11 Å². The van der Waals surface area contributed by atoms with E-state index < -0.39 is 5.60 Å². The van der Waals surface area contributed by atoms with Crippen LogP contribution in [0.25, 0.3) is 0 Å². The fraction of sp³-hybridized carbons (Fsp3) is 1.00. The summed E-state index contributed by atoms with van der Waals surface area (Å²) in [6.07, 6.45) is 5.14. The molecule has 0 aromatic heterocycles. The first-order valence-corrected chi connectivity index (χ1v) is 5.34. The molecule has 0 fully saturated rings. The van der Waals surface area contributed by atoms with E-state index >= 15 is 0 Å². The maximum atomic E-state index is 10.1. The van der Waals surface area contributed by atoms with Crippen LogP contribution < -0.4 is 0 Å². The Morgan fingerprint density at radius 3 is 1.67 bits per heavy atom. The molecule has 1 N–H and O–H groups in total. The molecule has 12 heavy (non-hydrogen) atoms. The van der Waals surface area contributed by atoms with E-state index in [0.29, 0.717) is 5.92 Å². The topological polar surface area (TPSA) is 20.2 Å². The lowest BCUT2D eigenvalue weighted by Crippen LogP contribution is -2.29. The van der Waals surface area contributed by atoms with E-state index in [1.807, 2.05) is 0 Å². The van der Waals surface area contributed by atoms with Gasteiger partial charge in [-0.15, -0.1) is 0 Å². The van der Waals surface area contributed by atoms with Crippen LogP contribution in [0, 0.1) is 5.92 Å². The summed E-state index contributed by atoms with van der Waals surface area (Å²) in [5.41, 5.74) is -0.392. The molecule has 0 atom stereocenters. The van der Waals surface area contributed by atoms with Crippen LogP contribution in [0.4, 0.5) is 0 Å². The van der Waals surface area contributed by atoms with E-state index in [0.717, 1.165) is 19.3 Å². The number of rotatable bonds is 6. The summed E-state index contributed by atoms with van der Waals surface area (Å²) in [6, 6.07) is 0. The van der Waals surface area contributed by atoms with Crippen LogP contribution in [0.15, 0.2) is 0 Å². The molecule has 0 aromatic carbocycles. The van der Waals surface area contributed by atoms with E-state index in [4.69, 9.17) is 0 Å². The average Bonchev–Trinajstić information content (AvgIpc) is 2.14. The van der Waals surface area contributed by atoms with E-state index in [1.165, 1.54) is 12.8 Å². The van der Waals surface area contributed by atoms with Gasteiger partial charge in [0.05, 0.1) is 5.60 Å². The van der Waals surface area contributed by atoms with E-state index in [2.05, 4.69) is 27.7 Å². The molecule has 74 valence electrons. The van der Waals surface area contributed by atoms with Crippen molar-refractivity contribution in [2.45, 2.75) is 65.4 Å². The van der Waals surface area contributed by atoms with Gasteiger partial charge in [-0.1, -0.05) is 40.5 Å². The third kappa shape index (κ3) is 3.57. The van der Waals surface area contributed by atoms with Crippen molar-refractivity contribution in [3.63, 3.8) is 0 Å². The molecule has 0 heterocycles. The zero-order valence-corrected chi connectivity index (χ0v) is 9.06. The molecule has 0 aliphatic rings. The zero-order valence-electron chi connectivity index (χ0n) is 9.06. The van der Waals surface area contributed by atoms with Crippen molar-refractivity contribution in [1.82, 2.24) is 0 Å². The van der Waals surface area contributed by atoms with Gasteiger partial charge in [-0.2, -0.15) is 0 Å². The van der Waals surface area contributed by atoms with Crippen molar-refractivity contribution in [1.29, 1.82) is 0 Å². The van der Waals surface area contributed by atoms with Crippen molar-refractivity contribution >= 4 is 0 Å². The molecule has 0 saturated carbocycles. The monoisotopic (exact) mass is 172 g/mol. The van der Waals surface area contributed by atoms with Gasteiger partial charge in [-0.05, 0) is 25.2 Å². The van der Waals surface area contributed by atoms with Crippen LogP contribution >= 0.6 is 0 Å². The Hall–Kier alpha value is -0.0400. The Bertz CT molecular complexity index is 102. The highest BCUT2D eigenvalue weighted by Crippen LogP contribution is 2.27. The molecule has 0 aromatic rings. The third-order valence-corrected chi connectivity index (χ3v) is 3.14. The van der Waals surface area contributed by atoms with Crippen molar-refractivity contribution in [2.75, 3.05) is 0 Å². The van der Waals surface area contributed by atoms with Gasteiger partial charge in [0.1, 0.15) is 0 Å². The second kappa shape index (κ2) is 5.58. The van der Waals surface area contributed by atoms with Crippen LogP contribution in [0.1, 0.15) is 59.8 Å². The number of hydrogen-bond donors (Lipinski definition) is 1. The van der Waals surface area contributed by atoms with Crippen molar-refractivity contribution in [3.05, 3.63) is 0 Å². The summed E-state index contributed by atoms with van der Waals surface area (Å²) >= 11 is 0. The number of aliphatic hydroxyl groups is 1. The van der Waals surface area contributed by atoms with Gasteiger partial charge in [-0.3, -0.25) is 0 Å². The first-order chi connectivity index (χ1) is 5.61. The second-order valence-electron chi connectivity index (χ2n) is 3.82. The smallest absolute Gasteiger partial charge is 0.0645 e. The minimum absolute atomic E-state index is 0.392. The molecular weight excluding hydrogens is 148 g/mol. The van der Waals surface area contributed by atoms with Crippen LogP contribution in [0.3, 0.4) is 0 Å². The SMILES string of the molecule is CCC(CC)CC(O)(CC)CC. The molecule has 0 spiro atoms. The highest BCUT2D eigenvalue weighted by Gasteiger charge is 2.24. The first kappa shape index (κ1) is 12.0. The molecule has 1 nitrogen and oxygen atoms in total. The maximum absolute atomic E-state index is 10.1. The average molecular weight is 172 g/mol. The molecule has 0 unspecified atom stereocenters. The molecule has 0 saturated heterocycles. The second-order valence-corrected chi connectivity index (χ2v) is 3.82. The third-order valence-electron chi connectivity index (χ3n) is 3.14.